The summed E-state index contributed by atoms with van der Waals surface area (Å²) in [5.41, 5.74) is -0.108. The molecule has 0 heterocycles. The molecule has 5 fully saturated rings. The van der Waals surface area contributed by atoms with Crippen molar-refractivity contribution in [3.8, 4) is 0 Å². The molecule has 0 unspecified atom stereocenters. The van der Waals surface area contributed by atoms with E-state index < -0.39 is 5.60 Å². The maximum atomic E-state index is 12.9. The van der Waals surface area contributed by atoms with Crippen LogP contribution in [0.3, 0.4) is 0 Å². The summed E-state index contributed by atoms with van der Waals surface area (Å²) in [6.07, 6.45) is 11.2. The zero-order chi connectivity index (χ0) is 24.2. The third kappa shape index (κ3) is 2.90. The molecular formula is C30H50O3. The molecule has 5 aliphatic carbocycles. The van der Waals surface area contributed by atoms with Crippen LogP contribution in [0.15, 0.2) is 0 Å². The highest BCUT2D eigenvalue weighted by atomic mass is 16.3. The number of carbonyl (C=O) groups excluding carboxylic acids is 1. The summed E-state index contributed by atoms with van der Waals surface area (Å²) >= 11 is 0. The molecule has 0 amide bonds. The van der Waals surface area contributed by atoms with Gasteiger partial charge in [-0.05, 0) is 123 Å². The lowest BCUT2D eigenvalue weighted by atomic mass is 9.32. The molecule has 0 radical (unpaired) electrons. The Morgan fingerprint density at radius 3 is 2.18 bits per heavy atom. The molecule has 5 saturated carbocycles. The molecular weight excluding hydrogens is 408 g/mol. The lowest BCUT2D eigenvalue weighted by molar-refractivity contribution is -0.241. The van der Waals surface area contributed by atoms with Gasteiger partial charge in [0.15, 0.2) is 0 Å². The second kappa shape index (κ2) is 7.09. The summed E-state index contributed by atoms with van der Waals surface area (Å²) in [6, 6.07) is 0. The largest absolute Gasteiger partial charge is 0.396 e. The van der Waals surface area contributed by atoms with Crippen molar-refractivity contribution < 1.29 is 15.0 Å². The van der Waals surface area contributed by atoms with E-state index in [1.807, 2.05) is 13.8 Å². The molecule has 3 nitrogen and oxygen atoms in total. The molecule has 5 rings (SSSR count). The lowest BCUT2D eigenvalue weighted by Crippen LogP contribution is -2.66. The minimum atomic E-state index is -0.686. The number of aliphatic hydroxyl groups is 2. The van der Waals surface area contributed by atoms with Crippen LogP contribution in [0.2, 0.25) is 0 Å². The van der Waals surface area contributed by atoms with Crippen LogP contribution < -0.4 is 0 Å². The van der Waals surface area contributed by atoms with Crippen LogP contribution in [0.4, 0.5) is 0 Å². The van der Waals surface area contributed by atoms with Crippen molar-refractivity contribution in [2.45, 2.75) is 118 Å². The Morgan fingerprint density at radius 2 is 1.55 bits per heavy atom. The molecule has 0 aromatic rings. The van der Waals surface area contributed by atoms with Gasteiger partial charge in [0.1, 0.15) is 5.78 Å². The summed E-state index contributed by atoms with van der Waals surface area (Å²) in [6.45, 7) is 16.5. The van der Waals surface area contributed by atoms with Gasteiger partial charge in [-0.25, -0.2) is 0 Å². The smallest absolute Gasteiger partial charge is 0.138 e. The van der Waals surface area contributed by atoms with Gasteiger partial charge in [0.2, 0.25) is 0 Å². The average molecular weight is 459 g/mol. The maximum absolute atomic E-state index is 12.9. The minimum Gasteiger partial charge on any atom is -0.396 e. The van der Waals surface area contributed by atoms with Crippen molar-refractivity contribution >= 4 is 5.78 Å². The maximum Gasteiger partial charge on any atom is 0.138 e. The van der Waals surface area contributed by atoms with Crippen LogP contribution in [-0.4, -0.2) is 28.2 Å². The van der Waals surface area contributed by atoms with Crippen LogP contribution in [0.25, 0.3) is 0 Å². The van der Waals surface area contributed by atoms with E-state index in [-0.39, 0.29) is 39.6 Å². The number of hydrogen-bond acceptors (Lipinski definition) is 3. The van der Waals surface area contributed by atoms with Gasteiger partial charge in [0.25, 0.3) is 0 Å². The van der Waals surface area contributed by atoms with Crippen molar-refractivity contribution in [3.05, 3.63) is 0 Å². The molecule has 188 valence electrons. The van der Waals surface area contributed by atoms with Gasteiger partial charge in [-0.15, -0.1) is 0 Å². The minimum absolute atomic E-state index is 0.0123. The molecule has 2 N–H and O–H groups in total. The molecule has 9 atom stereocenters. The predicted molar refractivity (Wildman–Crippen MR) is 133 cm³/mol. The second-order valence-corrected chi connectivity index (χ2v) is 15.2. The van der Waals surface area contributed by atoms with Gasteiger partial charge < -0.3 is 10.2 Å². The highest BCUT2D eigenvalue weighted by Gasteiger charge is 2.71. The van der Waals surface area contributed by atoms with E-state index in [4.69, 9.17) is 0 Å². The summed E-state index contributed by atoms with van der Waals surface area (Å²) < 4.78 is 0. The third-order valence-electron chi connectivity index (χ3n) is 13.6. The summed E-state index contributed by atoms with van der Waals surface area (Å²) in [5, 5.41) is 21.9. The van der Waals surface area contributed by atoms with Gasteiger partial charge in [-0.1, -0.05) is 34.6 Å². The van der Waals surface area contributed by atoms with Crippen LogP contribution in [0, 0.1) is 56.7 Å². The first-order valence-corrected chi connectivity index (χ1v) is 14.0. The number of aliphatic hydroxyl groups excluding tert-OH is 1. The zero-order valence-corrected chi connectivity index (χ0v) is 22.5. The highest BCUT2D eigenvalue weighted by molar-refractivity contribution is 5.85. The number of hydrogen-bond donors (Lipinski definition) is 2. The van der Waals surface area contributed by atoms with Crippen molar-refractivity contribution in [1.82, 2.24) is 0 Å². The Kier molecular flexibility index (Phi) is 5.22. The molecule has 0 spiro atoms. The number of carbonyl (C=O) groups is 1. The normalized spacial score (nSPS) is 53.6. The molecule has 0 bridgehead atoms. The molecule has 0 aliphatic heterocycles. The Bertz CT molecular complexity index is 825. The molecule has 0 saturated heterocycles. The lowest BCUT2D eigenvalue weighted by Gasteiger charge is -2.72. The fourth-order valence-electron chi connectivity index (χ4n) is 11.6. The number of Topliss-reactive ketones (excluding diaryl/α,β-unsaturated/α-hetero) is 1. The van der Waals surface area contributed by atoms with Crippen LogP contribution in [0.1, 0.15) is 113 Å². The molecule has 3 heteroatoms. The van der Waals surface area contributed by atoms with E-state index in [9.17, 15) is 15.0 Å². The number of rotatable bonds is 2. The topological polar surface area (TPSA) is 57.5 Å². The summed E-state index contributed by atoms with van der Waals surface area (Å²) in [7, 11) is 0. The van der Waals surface area contributed by atoms with E-state index >= 15 is 0 Å². The summed E-state index contributed by atoms with van der Waals surface area (Å²) in [4.78, 5) is 12.9. The van der Waals surface area contributed by atoms with E-state index in [0.29, 0.717) is 29.5 Å². The molecule has 0 aromatic heterocycles. The first-order chi connectivity index (χ1) is 15.2. The van der Waals surface area contributed by atoms with E-state index in [1.54, 1.807) is 0 Å². The Hall–Kier alpha value is -0.410. The van der Waals surface area contributed by atoms with E-state index in [1.165, 1.54) is 32.1 Å². The fraction of sp³-hybridized carbons (Fsp3) is 0.967. The number of ketones is 1. The monoisotopic (exact) mass is 458 g/mol. The molecule has 5 aliphatic rings. The van der Waals surface area contributed by atoms with Crippen LogP contribution in [-0.2, 0) is 4.79 Å². The van der Waals surface area contributed by atoms with Gasteiger partial charge in [-0.3, -0.25) is 4.79 Å². The standard InChI is InChI=1S/C30H50O3/c1-25(2)21-11-14-29(7)22(27(21,5)13-12-23(25)32)9-8-20-24-19(26(3,4)33)10-15-30(24,18-31)17-16-28(20,29)6/h19-22,24,31,33H,8-18H2,1-7H3/t19-,20-,21+,22-,24-,27+,28-,29-,30-/m1/s1. The predicted octanol–water partition coefficient (Wildman–Crippen LogP) is 6.40. The van der Waals surface area contributed by atoms with Crippen LogP contribution in [0.5, 0.6) is 0 Å². The van der Waals surface area contributed by atoms with Crippen molar-refractivity contribution in [3.63, 3.8) is 0 Å². The quantitative estimate of drug-likeness (QED) is 0.503. The number of fused-ring (bicyclic) bond motifs is 7. The zero-order valence-electron chi connectivity index (χ0n) is 22.5. The second-order valence-electron chi connectivity index (χ2n) is 15.2. The van der Waals surface area contributed by atoms with Crippen molar-refractivity contribution in [1.29, 1.82) is 0 Å². The summed E-state index contributed by atoms with van der Waals surface area (Å²) in [5.74, 6) is 2.94. The first-order valence-electron chi connectivity index (χ1n) is 14.0. The van der Waals surface area contributed by atoms with Gasteiger partial charge in [0.05, 0.1) is 5.60 Å². The van der Waals surface area contributed by atoms with Gasteiger partial charge in [-0.2, -0.15) is 0 Å². The molecule has 0 aromatic carbocycles. The van der Waals surface area contributed by atoms with Crippen molar-refractivity contribution in [2.24, 2.45) is 56.7 Å². The Morgan fingerprint density at radius 1 is 0.848 bits per heavy atom. The van der Waals surface area contributed by atoms with Gasteiger partial charge >= 0.3 is 0 Å². The Labute approximate surface area is 202 Å². The van der Waals surface area contributed by atoms with Crippen molar-refractivity contribution in [2.75, 3.05) is 6.61 Å². The first kappa shape index (κ1) is 24.3. The van der Waals surface area contributed by atoms with E-state index in [0.717, 1.165) is 32.1 Å². The average Bonchev–Trinajstić information content (AvgIpc) is 3.12. The third-order valence-corrected chi connectivity index (χ3v) is 13.6. The van der Waals surface area contributed by atoms with E-state index in [2.05, 4.69) is 34.6 Å². The fourth-order valence-corrected chi connectivity index (χ4v) is 11.6. The Balaban J connectivity index is 1.56. The van der Waals surface area contributed by atoms with Crippen LogP contribution >= 0.6 is 0 Å². The SMILES string of the molecule is CC(C)(O)[C@@H]1CC[C@]2(CO)CC[C@]3(C)[C@H](CC[C@@H]4[C@@]5(C)CCC(=O)C(C)(C)[C@@H]5CC[C@]43C)[C@@H]12. The van der Waals surface area contributed by atoms with Gasteiger partial charge in [0, 0.05) is 18.4 Å². The highest BCUT2D eigenvalue weighted by Crippen LogP contribution is 2.77. The molecule has 33 heavy (non-hydrogen) atoms.